The molecule has 1 aliphatic carbocycles. The number of hydrogen-bond donors (Lipinski definition) is 1. The van der Waals surface area contributed by atoms with E-state index in [9.17, 15) is 0 Å². The van der Waals surface area contributed by atoms with Crippen LogP contribution < -0.4 is 5.32 Å². The molecule has 0 aliphatic heterocycles. The van der Waals surface area contributed by atoms with E-state index in [1.54, 1.807) is 0 Å². The van der Waals surface area contributed by atoms with Crippen molar-refractivity contribution in [2.75, 3.05) is 0 Å². The first-order valence-electron chi connectivity index (χ1n) is 7.13. The summed E-state index contributed by atoms with van der Waals surface area (Å²) in [7, 11) is 0. The molecule has 102 valence electrons. The van der Waals surface area contributed by atoms with E-state index in [-0.39, 0.29) is 0 Å². The van der Waals surface area contributed by atoms with E-state index in [0.29, 0.717) is 6.04 Å². The fourth-order valence-corrected chi connectivity index (χ4v) is 3.52. The molecular weight excluding hydrogens is 290 g/mol. The van der Waals surface area contributed by atoms with Gasteiger partial charge in [0.25, 0.3) is 0 Å². The lowest BCUT2D eigenvalue weighted by atomic mass is 10.1. The second-order valence-corrected chi connectivity index (χ2v) is 6.17. The van der Waals surface area contributed by atoms with Crippen LogP contribution >= 0.6 is 15.9 Å². The van der Waals surface area contributed by atoms with Gasteiger partial charge in [0.05, 0.1) is 15.9 Å². The molecule has 0 spiro atoms. The summed E-state index contributed by atoms with van der Waals surface area (Å²) in [4.78, 5) is 0. The van der Waals surface area contributed by atoms with Crippen LogP contribution in [0.4, 0.5) is 0 Å². The fourth-order valence-electron chi connectivity index (χ4n) is 2.82. The Morgan fingerprint density at radius 3 is 2.72 bits per heavy atom. The van der Waals surface area contributed by atoms with Gasteiger partial charge in [-0.1, -0.05) is 13.8 Å². The highest BCUT2D eigenvalue weighted by Crippen LogP contribution is 2.26. The van der Waals surface area contributed by atoms with Crippen molar-refractivity contribution in [2.24, 2.45) is 5.92 Å². The van der Waals surface area contributed by atoms with E-state index in [1.807, 2.05) is 0 Å². The van der Waals surface area contributed by atoms with Crippen LogP contribution in [-0.2, 0) is 19.5 Å². The highest BCUT2D eigenvalue weighted by Gasteiger charge is 2.22. The lowest BCUT2D eigenvalue weighted by Crippen LogP contribution is -2.27. The van der Waals surface area contributed by atoms with Crippen LogP contribution in [0.2, 0.25) is 0 Å². The maximum Gasteiger partial charge on any atom is 0.0767 e. The van der Waals surface area contributed by atoms with Crippen LogP contribution in [0.5, 0.6) is 0 Å². The van der Waals surface area contributed by atoms with Gasteiger partial charge in [0.15, 0.2) is 0 Å². The third-order valence-electron chi connectivity index (χ3n) is 3.95. The molecule has 3 nitrogen and oxygen atoms in total. The first kappa shape index (κ1) is 14.1. The molecule has 1 fully saturated rings. The van der Waals surface area contributed by atoms with Crippen LogP contribution in [0.3, 0.4) is 0 Å². The molecular formula is C14H24BrN3. The minimum atomic E-state index is 0.692. The van der Waals surface area contributed by atoms with E-state index in [1.165, 1.54) is 35.1 Å². The predicted octanol–water partition coefficient (Wildman–Crippen LogP) is 3.51. The largest absolute Gasteiger partial charge is 0.308 e. The molecule has 0 saturated heterocycles. The zero-order valence-electron chi connectivity index (χ0n) is 11.7. The Hall–Kier alpha value is -0.350. The molecule has 4 heteroatoms. The van der Waals surface area contributed by atoms with Crippen molar-refractivity contribution in [3.63, 3.8) is 0 Å². The molecule has 1 aliphatic rings. The Morgan fingerprint density at radius 1 is 1.39 bits per heavy atom. The van der Waals surface area contributed by atoms with E-state index in [2.05, 4.69) is 51.8 Å². The van der Waals surface area contributed by atoms with Crippen molar-refractivity contribution in [1.29, 1.82) is 0 Å². The molecule has 1 heterocycles. The standard InChI is InChI=1S/C14H24BrN3/c1-4-12-14(15)13(18(5-2)17-12)9-16-11-7-6-10(3)8-11/h10-11,16H,4-9H2,1-3H3. The summed E-state index contributed by atoms with van der Waals surface area (Å²) in [6.45, 7) is 8.53. The van der Waals surface area contributed by atoms with Gasteiger partial charge < -0.3 is 5.32 Å². The maximum absolute atomic E-state index is 4.64. The smallest absolute Gasteiger partial charge is 0.0767 e. The Kier molecular flexibility index (Phi) is 4.84. The van der Waals surface area contributed by atoms with Gasteiger partial charge in [-0.3, -0.25) is 4.68 Å². The Labute approximate surface area is 118 Å². The fraction of sp³-hybridized carbons (Fsp3) is 0.786. The van der Waals surface area contributed by atoms with Gasteiger partial charge in [-0.15, -0.1) is 0 Å². The number of nitrogens with zero attached hydrogens (tertiary/aromatic N) is 2. The normalized spacial score (nSPS) is 23.8. The zero-order chi connectivity index (χ0) is 13.1. The number of rotatable bonds is 5. The molecule has 2 unspecified atom stereocenters. The van der Waals surface area contributed by atoms with Gasteiger partial charge >= 0.3 is 0 Å². The van der Waals surface area contributed by atoms with Gasteiger partial charge in [-0.25, -0.2) is 0 Å². The molecule has 0 aromatic carbocycles. The van der Waals surface area contributed by atoms with Gasteiger partial charge in [0.1, 0.15) is 0 Å². The number of halogens is 1. The summed E-state index contributed by atoms with van der Waals surface area (Å²) in [5.74, 6) is 0.883. The van der Waals surface area contributed by atoms with Crippen LogP contribution in [0.1, 0.15) is 51.4 Å². The first-order valence-corrected chi connectivity index (χ1v) is 7.92. The Balaban J connectivity index is 2.01. The molecule has 0 amide bonds. The molecule has 0 radical (unpaired) electrons. The Morgan fingerprint density at radius 2 is 2.17 bits per heavy atom. The van der Waals surface area contributed by atoms with Crippen LogP contribution in [0.25, 0.3) is 0 Å². The van der Waals surface area contributed by atoms with Gasteiger partial charge in [-0.2, -0.15) is 5.10 Å². The second-order valence-electron chi connectivity index (χ2n) is 5.37. The van der Waals surface area contributed by atoms with Crippen molar-refractivity contribution in [1.82, 2.24) is 15.1 Å². The number of aromatic nitrogens is 2. The van der Waals surface area contributed by atoms with Crippen molar-refractivity contribution >= 4 is 15.9 Å². The van der Waals surface area contributed by atoms with Crippen LogP contribution in [0.15, 0.2) is 4.47 Å². The van der Waals surface area contributed by atoms with Crippen molar-refractivity contribution in [3.8, 4) is 0 Å². The number of hydrogen-bond acceptors (Lipinski definition) is 2. The summed E-state index contributed by atoms with van der Waals surface area (Å²) < 4.78 is 3.32. The van der Waals surface area contributed by atoms with Gasteiger partial charge in [-0.05, 0) is 54.5 Å². The SMILES string of the molecule is CCc1nn(CC)c(CNC2CCC(C)C2)c1Br. The van der Waals surface area contributed by atoms with E-state index in [0.717, 1.165) is 25.4 Å². The molecule has 1 aromatic heterocycles. The molecule has 1 N–H and O–H groups in total. The Bertz CT molecular complexity index is 400. The third-order valence-corrected chi connectivity index (χ3v) is 4.86. The van der Waals surface area contributed by atoms with Crippen molar-refractivity contribution < 1.29 is 0 Å². The molecule has 2 rings (SSSR count). The summed E-state index contributed by atoms with van der Waals surface area (Å²) >= 11 is 3.70. The average Bonchev–Trinajstić information content (AvgIpc) is 2.91. The summed E-state index contributed by atoms with van der Waals surface area (Å²) in [5, 5.41) is 8.33. The lowest BCUT2D eigenvalue weighted by Gasteiger charge is -2.13. The second kappa shape index (κ2) is 6.20. The monoisotopic (exact) mass is 313 g/mol. The van der Waals surface area contributed by atoms with Crippen molar-refractivity contribution in [3.05, 3.63) is 15.9 Å². The highest BCUT2D eigenvalue weighted by atomic mass is 79.9. The van der Waals surface area contributed by atoms with E-state index >= 15 is 0 Å². The van der Waals surface area contributed by atoms with Gasteiger partial charge in [0, 0.05) is 19.1 Å². The average molecular weight is 314 g/mol. The quantitative estimate of drug-likeness (QED) is 0.901. The van der Waals surface area contributed by atoms with Gasteiger partial charge in [0.2, 0.25) is 0 Å². The molecule has 2 atom stereocenters. The molecule has 0 bridgehead atoms. The summed E-state index contributed by atoms with van der Waals surface area (Å²) in [6, 6.07) is 0.692. The van der Waals surface area contributed by atoms with E-state index < -0.39 is 0 Å². The number of nitrogens with one attached hydrogen (secondary N) is 1. The minimum absolute atomic E-state index is 0.692. The maximum atomic E-state index is 4.64. The van der Waals surface area contributed by atoms with Crippen LogP contribution in [0, 0.1) is 5.92 Å². The molecule has 1 aromatic rings. The van der Waals surface area contributed by atoms with E-state index in [4.69, 9.17) is 0 Å². The minimum Gasteiger partial charge on any atom is -0.308 e. The van der Waals surface area contributed by atoms with Crippen LogP contribution in [-0.4, -0.2) is 15.8 Å². The first-order chi connectivity index (χ1) is 8.65. The number of aryl methyl sites for hydroxylation is 2. The third kappa shape index (κ3) is 2.97. The lowest BCUT2D eigenvalue weighted by molar-refractivity contribution is 0.482. The summed E-state index contributed by atoms with van der Waals surface area (Å²) in [6.07, 6.45) is 4.99. The topological polar surface area (TPSA) is 29.9 Å². The van der Waals surface area contributed by atoms with Crippen molar-refractivity contribution in [2.45, 2.75) is 65.6 Å². The summed E-state index contributed by atoms with van der Waals surface area (Å²) in [5.41, 5.74) is 2.47. The zero-order valence-corrected chi connectivity index (χ0v) is 13.3. The highest BCUT2D eigenvalue weighted by molar-refractivity contribution is 9.10. The predicted molar refractivity (Wildman–Crippen MR) is 78.6 cm³/mol. The molecule has 18 heavy (non-hydrogen) atoms. The molecule has 1 saturated carbocycles.